The number of imidazole rings is 1. The van der Waals surface area contributed by atoms with Crippen molar-refractivity contribution >= 4 is 38.2 Å². The van der Waals surface area contributed by atoms with Crippen LogP contribution in [0, 0.1) is 0 Å². The van der Waals surface area contributed by atoms with Gasteiger partial charge in [-0.05, 0) is 36.4 Å². The van der Waals surface area contributed by atoms with Crippen molar-refractivity contribution in [3.8, 4) is 17.0 Å². The normalized spacial score (nSPS) is 10.9. The van der Waals surface area contributed by atoms with E-state index in [9.17, 15) is 0 Å². The number of methoxy groups -OCH3 is 1. The SMILES string of the molecule is COc1cc(Nc2ccnc3ccc(Br)cc23)cc(-c2cncn2C)c1. The predicted octanol–water partition coefficient (Wildman–Crippen LogP) is 5.15. The summed E-state index contributed by atoms with van der Waals surface area (Å²) in [6, 6.07) is 14.1. The van der Waals surface area contributed by atoms with E-state index in [0.29, 0.717) is 0 Å². The zero-order valence-electron chi connectivity index (χ0n) is 14.4. The predicted molar refractivity (Wildman–Crippen MR) is 108 cm³/mol. The van der Waals surface area contributed by atoms with Gasteiger partial charge < -0.3 is 14.6 Å². The van der Waals surface area contributed by atoms with Gasteiger partial charge in [-0.2, -0.15) is 0 Å². The quantitative estimate of drug-likeness (QED) is 0.507. The Labute approximate surface area is 159 Å². The first-order valence-electron chi connectivity index (χ1n) is 8.11. The Morgan fingerprint density at radius 3 is 2.77 bits per heavy atom. The zero-order valence-corrected chi connectivity index (χ0v) is 16.0. The molecule has 0 atom stereocenters. The van der Waals surface area contributed by atoms with E-state index >= 15 is 0 Å². The first-order chi connectivity index (χ1) is 12.6. The molecule has 0 aliphatic carbocycles. The van der Waals surface area contributed by atoms with Crippen LogP contribution in [0.1, 0.15) is 0 Å². The van der Waals surface area contributed by atoms with Crippen LogP contribution in [0.25, 0.3) is 22.2 Å². The second-order valence-electron chi connectivity index (χ2n) is 5.98. The van der Waals surface area contributed by atoms with Crippen LogP contribution in [0.4, 0.5) is 11.4 Å². The van der Waals surface area contributed by atoms with Crippen molar-refractivity contribution in [1.82, 2.24) is 14.5 Å². The maximum absolute atomic E-state index is 5.49. The molecule has 6 heteroatoms. The van der Waals surface area contributed by atoms with E-state index in [1.54, 1.807) is 19.6 Å². The number of pyridine rings is 1. The number of ether oxygens (including phenoxy) is 1. The number of fused-ring (bicyclic) bond motifs is 1. The lowest BCUT2D eigenvalue weighted by Crippen LogP contribution is -1.96. The molecule has 2 aromatic heterocycles. The first kappa shape index (κ1) is 16.6. The highest BCUT2D eigenvalue weighted by atomic mass is 79.9. The zero-order chi connectivity index (χ0) is 18.1. The van der Waals surface area contributed by atoms with E-state index in [2.05, 4.69) is 43.3 Å². The van der Waals surface area contributed by atoms with Crippen LogP contribution in [0.5, 0.6) is 5.75 Å². The maximum atomic E-state index is 5.49. The third-order valence-electron chi connectivity index (χ3n) is 4.24. The van der Waals surface area contributed by atoms with Crippen LogP contribution in [-0.4, -0.2) is 21.6 Å². The highest BCUT2D eigenvalue weighted by molar-refractivity contribution is 9.10. The number of hydrogen-bond acceptors (Lipinski definition) is 4. The van der Waals surface area contributed by atoms with Gasteiger partial charge in [-0.1, -0.05) is 15.9 Å². The number of nitrogens with one attached hydrogen (secondary N) is 1. The number of aryl methyl sites for hydroxylation is 1. The molecule has 0 saturated heterocycles. The number of anilines is 2. The van der Waals surface area contributed by atoms with Crippen molar-refractivity contribution in [2.24, 2.45) is 7.05 Å². The molecule has 0 fully saturated rings. The van der Waals surface area contributed by atoms with Gasteiger partial charge in [-0.3, -0.25) is 4.98 Å². The molecule has 5 nitrogen and oxygen atoms in total. The van der Waals surface area contributed by atoms with Gasteiger partial charge in [0, 0.05) is 46.1 Å². The van der Waals surface area contributed by atoms with Crippen LogP contribution in [0.3, 0.4) is 0 Å². The van der Waals surface area contributed by atoms with Gasteiger partial charge in [-0.25, -0.2) is 4.98 Å². The smallest absolute Gasteiger partial charge is 0.121 e. The first-order valence-corrected chi connectivity index (χ1v) is 8.90. The van der Waals surface area contributed by atoms with E-state index in [1.165, 1.54) is 0 Å². The summed E-state index contributed by atoms with van der Waals surface area (Å²) >= 11 is 3.54. The number of halogens is 1. The summed E-state index contributed by atoms with van der Waals surface area (Å²) in [5.74, 6) is 0.783. The Bertz CT molecular complexity index is 1090. The van der Waals surface area contributed by atoms with Gasteiger partial charge in [0.2, 0.25) is 0 Å². The molecule has 130 valence electrons. The average Bonchev–Trinajstić information content (AvgIpc) is 3.08. The third-order valence-corrected chi connectivity index (χ3v) is 4.73. The Morgan fingerprint density at radius 2 is 2.00 bits per heavy atom. The molecule has 4 rings (SSSR count). The van der Waals surface area contributed by atoms with Crippen molar-refractivity contribution in [2.45, 2.75) is 0 Å². The molecule has 0 radical (unpaired) electrons. The van der Waals surface area contributed by atoms with E-state index < -0.39 is 0 Å². The minimum atomic E-state index is 0.783. The molecule has 0 aliphatic rings. The third kappa shape index (κ3) is 3.15. The monoisotopic (exact) mass is 408 g/mol. The summed E-state index contributed by atoms with van der Waals surface area (Å²) in [5, 5.41) is 4.55. The van der Waals surface area contributed by atoms with Crippen LogP contribution in [-0.2, 0) is 7.05 Å². The topological polar surface area (TPSA) is 52.0 Å². The fourth-order valence-corrected chi connectivity index (χ4v) is 3.32. The fraction of sp³-hybridized carbons (Fsp3) is 0.100. The van der Waals surface area contributed by atoms with Gasteiger partial charge in [-0.15, -0.1) is 0 Å². The molecule has 26 heavy (non-hydrogen) atoms. The molecular weight excluding hydrogens is 392 g/mol. The lowest BCUT2D eigenvalue weighted by molar-refractivity contribution is 0.415. The van der Waals surface area contributed by atoms with Gasteiger partial charge in [0.25, 0.3) is 0 Å². The molecule has 0 saturated carbocycles. The van der Waals surface area contributed by atoms with E-state index in [1.807, 2.05) is 48.1 Å². The Morgan fingerprint density at radius 1 is 1.12 bits per heavy atom. The lowest BCUT2D eigenvalue weighted by atomic mass is 10.1. The summed E-state index contributed by atoms with van der Waals surface area (Å²) in [4.78, 5) is 8.64. The molecule has 4 aromatic rings. The van der Waals surface area contributed by atoms with Gasteiger partial charge in [0.1, 0.15) is 5.75 Å². The molecule has 0 spiro atoms. The molecule has 1 N–H and O–H groups in total. The Kier molecular flexibility index (Phi) is 4.34. The molecular formula is C20H17BrN4O. The summed E-state index contributed by atoms with van der Waals surface area (Å²) < 4.78 is 8.49. The number of benzene rings is 2. The van der Waals surface area contributed by atoms with Gasteiger partial charge in [0.15, 0.2) is 0 Å². The highest BCUT2D eigenvalue weighted by Crippen LogP contribution is 2.32. The summed E-state index contributed by atoms with van der Waals surface area (Å²) in [5.41, 5.74) is 4.92. The largest absolute Gasteiger partial charge is 0.497 e. The molecule has 2 heterocycles. The lowest BCUT2D eigenvalue weighted by Gasteiger charge is -2.13. The van der Waals surface area contributed by atoms with E-state index in [4.69, 9.17) is 4.74 Å². The molecule has 2 aromatic carbocycles. The minimum Gasteiger partial charge on any atom is -0.497 e. The molecule has 0 amide bonds. The van der Waals surface area contributed by atoms with Crippen molar-refractivity contribution < 1.29 is 4.74 Å². The standard InChI is InChI=1S/C20H17BrN4O/c1-25-12-22-11-20(25)13-7-15(10-16(8-13)26-2)24-19-5-6-23-18-4-3-14(21)9-17(18)19/h3-12H,1-2H3,(H,23,24). The minimum absolute atomic E-state index is 0.783. The van der Waals surface area contributed by atoms with Crippen LogP contribution >= 0.6 is 15.9 Å². The van der Waals surface area contributed by atoms with Crippen LogP contribution in [0.15, 0.2) is 65.7 Å². The van der Waals surface area contributed by atoms with Crippen molar-refractivity contribution in [3.05, 3.63) is 65.7 Å². The summed E-state index contributed by atoms with van der Waals surface area (Å²) in [6.07, 6.45) is 5.44. The Balaban J connectivity index is 1.79. The number of hydrogen-bond donors (Lipinski definition) is 1. The highest BCUT2D eigenvalue weighted by Gasteiger charge is 2.09. The molecule has 0 unspecified atom stereocenters. The van der Waals surface area contributed by atoms with Crippen molar-refractivity contribution in [3.63, 3.8) is 0 Å². The molecule has 0 aliphatic heterocycles. The summed E-state index contributed by atoms with van der Waals surface area (Å²) in [7, 11) is 3.65. The number of nitrogens with zero attached hydrogens (tertiary/aromatic N) is 3. The van der Waals surface area contributed by atoms with E-state index in [-0.39, 0.29) is 0 Å². The van der Waals surface area contributed by atoms with Crippen LogP contribution < -0.4 is 10.1 Å². The molecule has 0 bridgehead atoms. The fourth-order valence-electron chi connectivity index (χ4n) is 2.96. The number of aromatic nitrogens is 3. The maximum Gasteiger partial charge on any atom is 0.121 e. The number of rotatable bonds is 4. The Hall–Kier alpha value is -2.86. The van der Waals surface area contributed by atoms with Crippen molar-refractivity contribution in [2.75, 3.05) is 12.4 Å². The van der Waals surface area contributed by atoms with Gasteiger partial charge >= 0.3 is 0 Å². The van der Waals surface area contributed by atoms with E-state index in [0.717, 1.165) is 43.8 Å². The second kappa shape index (κ2) is 6.80. The van der Waals surface area contributed by atoms with Crippen LogP contribution in [0.2, 0.25) is 0 Å². The van der Waals surface area contributed by atoms with Gasteiger partial charge in [0.05, 0.1) is 30.8 Å². The van der Waals surface area contributed by atoms with Crippen molar-refractivity contribution in [1.29, 1.82) is 0 Å². The second-order valence-corrected chi connectivity index (χ2v) is 6.90. The average molecular weight is 409 g/mol. The summed E-state index contributed by atoms with van der Waals surface area (Å²) in [6.45, 7) is 0.